The zero-order valence-electron chi connectivity index (χ0n) is 14.3. The van der Waals surface area contributed by atoms with Crippen molar-refractivity contribution in [2.75, 3.05) is 17.7 Å². The van der Waals surface area contributed by atoms with Crippen molar-refractivity contribution >= 4 is 37.7 Å². The Kier molecular flexibility index (Phi) is 4.09. The molecule has 0 atom stereocenters. The first-order chi connectivity index (χ1) is 11.1. The fourth-order valence-corrected chi connectivity index (χ4v) is 5.01. The average molecular weight is 367 g/mol. The highest BCUT2D eigenvalue weighted by atomic mass is 32.2. The third-order valence-corrected chi connectivity index (χ3v) is 7.02. The van der Waals surface area contributed by atoms with E-state index in [0.717, 1.165) is 34.2 Å². The lowest BCUT2D eigenvalue weighted by atomic mass is 10.2. The van der Waals surface area contributed by atoms with E-state index >= 15 is 0 Å². The molecule has 6 nitrogen and oxygen atoms in total. The fraction of sp³-hybridized carbons (Fsp3) is 0.438. The number of rotatable bonds is 5. The summed E-state index contributed by atoms with van der Waals surface area (Å²) in [5, 5.41) is 1.98. The predicted molar refractivity (Wildman–Crippen MR) is 98.5 cm³/mol. The van der Waals surface area contributed by atoms with Gasteiger partial charge in [0.1, 0.15) is 5.00 Å². The molecule has 0 aliphatic heterocycles. The Morgan fingerprint density at radius 1 is 1.33 bits per heavy atom. The summed E-state index contributed by atoms with van der Waals surface area (Å²) in [5.41, 5.74) is 7.95. The van der Waals surface area contributed by atoms with Crippen LogP contribution in [-0.4, -0.2) is 26.0 Å². The first kappa shape index (κ1) is 17.2. The van der Waals surface area contributed by atoms with Crippen LogP contribution >= 0.6 is 11.3 Å². The molecule has 2 aromatic rings. The Labute approximate surface area is 146 Å². The molecular formula is C16H22N4O2S2. The van der Waals surface area contributed by atoms with Crippen molar-refractivity contribution in [3.05, 3.63) is 28.9 Å². The molecule has 0 radical (unpaired) electrons. The zero-order valence-corrected chi connectivity index (χ0v) is 15.9. The number of thiazole rings is 1. The molecule has 3 N–H and O–H groups in total. The molecule has 0 bridgehead atoms. The maximum absolute atomic E-state index is 12.5. The summed E-state index contributed by atoms with van der Waals surface area (Å²) in [5.74, 6) is 0. The van der Waals surface area contributed by atoms with Gasteiger partial charge in [-0.25, -0.2) is 18.1 Å². The molecular weight excluding hydrogens is 344 g/mol. The van der Waals surface area contributed by atoms with Gasteiger partial charge in [0.2, 0.25) is 10.0 Å². The summed E-state index contributed by atoms with van der Waals surface area (Å²) < 4.78 is 27.7. The number of benzene rings is 1. The topological polar surface area (TPSA) is 88.3 Å². The summed E-state index contributed by atoms with van der Waals surface area (Å²) in [6.45, 7) is 5.81. The fourth-order valence-electron chi connectivity index (χ4n) is 2.62. The van der Waals surface area contributed by atoms with Crippen molar-refractivity contribution in [1.29, 1.82) is 0 Å². The van der Waals surface area contributed by atoms with Gasteiger partial charge in [0.25, 0.3) is 0 Å². The maximum Gasteiger partial charge on any atom is 0.241 e. The molecule has 0 amide bonds. The molecule has 1 aliphatic rings. The molecule has 1 aliphatic carbocycles. The van der Waals surface area contributed by atoms with Gasteiger partial charge in [0.15, 0.2) is 0 Å². The molecule has 0 spiro atoms. The first-order valence-corrected chi connectivity index (χ1v) is 10.0. The van der Waals surface area contributed by atoms with Gasteiger partial charge in [0.05, 0.1) is 27.0 Å². The van der Waals surface area contributed by atoms with E-state index < -0.39 is 10.0 Å². The summed E-state index contributed by atoms with van der Waals surface area (Å²) in [7, 11) is -1.64. The third-order valence-electron chi connectivity index (χ3n) is 4.24. The standard InChI is InChI=1S/C16H22N4O2S2/c1-10-15(23-11(2)18-10)20(4)14-6-5-12(9-13(14)17)24(21,22)19-16(3)7-8-16/h5-6,9,19H,7-8,17H2,1-4H3. The molecule has 1 heterocycles. The highest BCUT2D eigenvalue weighted by Crippen LogP contribution is 2.38. The Morgan fingerprint density at radius 2 is 2.00 bits per heavy atom. The SMILES string of the molecule is Cc1nc(C)c(N(C)c2ccc(S(=O)(=O)NC3(C)CC3)cc2N)s1. The van der Waals surface area contributed by atoms with E-state index in [0.29, 0.717) is 5.69 Å². The quantitative estimate of drug-likeness (QED) is 0.794. The number of aromatic nitrogens is 1. The van der Waals surface area contributed by atoms with Crippen LogP contribution in [0.5, 0.6) is 0 Å². The lowest BCUT2D eigenvalue weighted by Gasteiger charge is -2.21. The van der Waals surface area contributed by atoms with Crippen molar-refractivity contribution in [2.45, 2.75) is 44.0 Å². The molecule has 1 aromatic heterocycles. The van der Waals surface area contributed by atoms with Crippen LogP contribution in [-0.2, 0) is 10.0 Å². The number of nitrogens with zero attached hydrogens (tertiary/aromatic N) is 2. The van der Waals surface area contributed by atoms with Gasteiger partial charge < -0.3 is 10.6 Å². The number of sulfonamides is 1. The molecule has 1 saturated carbocycles. The lowest BCUT2D eigenvalue weighted by molar-refractivity contribution is 0.558. The van der Waals surface area contributed by atoms with Crippen LogP contribution in [0, 0.1) is 13.8 Å². The summed E-state index contributed by atoms with van der Waals surface area (Å²) in [4.78, 5) is 6.56. The van der Waals surface area contributed by atoms with Crippen molar-refractivity contribution in [3.63, 3.8) is 0 Å². The average Bonchev–Trinajstić information content (AvgIpc) is 3.09. The van der Waals surface area contributed by atoms with E-state index in [4.69, 9.17) is 5.73 Å². The van der Waals surface area contributed by atoms with Gasteiger partial charge >= 0.3 is 0 Å². The van der Waals surface area contributed by atoms with Crippen LogP contribution < -0.4 is 15.4 Å². The zero-order chi connectivity index (χ0) is 17.7. The Hall–Kier alpha value is -1.64. The third kappa shape index (κ3) is 3.26. The van der Waals surface area contributed by atoms with E-state index in [1.54, 1.807) is 23.5 Å². The Bertz CT molecular complexity index is 885. The van der Waals surface area contributed by atoms with E-state index in [9.17, 15) is 8.42 Å². The number of nitrogen functional groups attached to an aromatic ring is 1. The minimum atomic E-state index is -3.55. The minimum Gasteiger partial charge on any atom is -0.397 e. The Morgan fingerprint density at radius 3 is 2.50 bits per heavy atom. The number of anilines is 3. The second-order valence-corrected chi connectivity index (χ2v) is 9.43. The second-order valence-electron chi connectivity index (χ2n) is 6.57. The number of nitrogens with one attached hydrogen (secondary N) is 1. The molecule has 130 valence electrons. The Balaban J connectivity index is 1.91. The van der Waals surface area contributed by atoms with Crippen LogP contribution in [0.15, 0.2) is 23.1 Å². The van der Waals surface area contributed by atoms with E-state index in [1.807, 2.05) is 32.7 Å². The minimum absolute atomic E-state index is 0.197. The molecule has 1 fully saturated rings. The van der Waals surface area contributed by atoms with Gasteiger partial charge in [-0.3, -0.25) is 0 Å². The van der Waals surface area contributed by atoms with Crippen molar-refractivity contribution in [3.8, 4) is 0 Å². The monoisotopic (exact) mass is 366 g/mol. The van der Waals surface area contributed by atoms with E-state index in [2.05, 4.69) is 9.71 Å². The number of aryl methyl sites for hydroxylation is 2. The molecule has 1 aromatic carbocycles. The van der Waals surface area contributed by atoms with Crippen molar-refractivity contribution in [2.24, 2.45) is 0 Å². The van der Waals surface area contributed by atoms with Crippen LogP contribution in [0.2, 0.25) is 0 Å². The summed E-state index contributed by atoms with van der Waals surface area (Å²) in [6, 6.07) is 4.86. The smallest absolute Gasteiger partial charge is 0.241 e. The number of hydrogen-bond acceptors (Lipinski definition) is 6. The van der Waals surface area contributed by atoms with Crippen LogP contribution in [0.1, 0.15) is 30.5 Å². The molecule has 3 rings (SSSR count). The number of hydrogen-bond donors (Lipinski definition) is 2. The van der Waals surface area contributed by atoms with Crippen molar-refractivity contribution in [1.82, 2.24) is 9.71 Å². The van der Waals surface area contributed by atoms with Gasteiger partial charge in [-0.15, -0.1) is 11.3 Å². The van der Waals surface area contributed by atoms with Gasteiger partial charge in [-0.05, 0) is 51.8 Å². The van der Waals surface area contributed by atoms with Crippen LogP contribution in [0.4, 0.5) is 16.4 Å². The predicted octanol–water partition coefficient (Wildman–Crippen LogP) is 2.94. The maximum atomic E-state index is 12.5. The van der Waals surface area contributed by atoms with Gasteiger partial charge in [0, 0.05) is 12.6 Å². The van der Waals surface area contributed by atoms with E-state index in [1.165, 1.54) is 6.07 Å². The number of nitrogens with two attached hydrogens (primary N) is 1. The van der Waals surface area contributed by atoms with Crippen LogP contribution in [0.25, 0.3) is 0 Å². The molecule has 24 heavy (non-hydrogen) atoms. The van der Waals surface area contributed by atoms with Gasteiger partial charge in [-0.1, -0.05) is 0 Å². The van der Waals surface area contributed by atoms with Crippen LogP contribution in [0.3, 0.4) is 0 Å². The van der Waals surface area contributed by atoms with E-state index in [-0.39, 0.29) is 10.4 Å². The second kappa shape index (κ2) is 5.72. The van der Waals surface area contributed by atoms with Gasteiger partial charge in [-0.2, -0.15) is 0 Å². The highest BCUT2D eigenvalue weighted by molar-refractivity contribution is 7.89. The summed E-state index contributed by atoms with van der Waals surface area (Å²) >= 11 is 1.58. The lowest BCUT2D eigenvalue weighted by Crippen LogP contribution is -2.34. The molecule has 0 saturated heterocycles. The van der Waals surface area contributed by atoms with Crippen molar-refractivity contribution < 1.29 is 8.42 Å². The largest absolute Gasteiger partial charge is 0.397 e. The normalized spacial score (nSPS) is 16.2. The highest BCUT2D eigenvalue weighted by Gasteiger charge is 2.41. The molecule has 8 heteroatoms. The summed E-state index contributed by atoms with van der Waals surface area (Å²) in [6.07, 6.45) is 1.74. The molecule has 0 unspecified atom stereocenters. The first-order valence-electron chi connectivity index (χ1n) is 7.73.